The fraction of sp³-hybridized carbons (Fsp3) is 0.481. The van der Waals surface area contributed by atoms with Gasteiger partial charge in [-0.05, 0) is 56.4 Å². The summed E-state index contributed by atoms with van der Waals surface area (Å²) in [6.45, 7) is 5.54. The molecule has 2 amide bonds. The summed E-state index contributed by atoms with van der Waals surface area (Å²) >= 11 is 0. The first-order valence-corrected chi connectivity index (χ1v) is 11.8. The molecule has 1 aromatic rings. The number of phenolic OH excluding ortho intramolecular Hbond substituents is 1. The van der Waals surface area contributed by atoms with E-state index >= 15 is 0 Å². The predicted molar refractivity (Wildman–Crippen MR) is 123 cm³/mol. The van der Waals surface area contributed by atoms with Gasteiger partial charge in [0.2, 0.25) is 11.8 Å². The van der Waals surface area contributed by atoms with E-state index in [9.17, 15) is 24.3 Å². The van der Waals surface area contributed by atoms with Gasteiger partial charge in [-0.25, -0.2) is 0 Å². The summed E-state index contributed by atoms with van der Waals surface area (Å²) in [6.07, 6.45) is 4.09. The van der Waals surface area contributed by atoms with Crippen LogP contribution in [-0.4, -0.2) is 47.0 Å². The number of Topliss-reactive ketones (excluding diaryl/α,β-unsaturated/α-hetero) is 1. The van der Waals surface area contributed by atoms with Gasteiger partial charge in [0.1, 0.15) is 11.5 Å². The van der Waals surface area contributed by atoms with Crippen LogP contribution in [0.25, 0.3) is 0 Å². The Kier molecular flexibility index (Phi) is 5.08. The molecule has 6 atom stereocenters. The Balaban J connectivity index is 1.76. The summed E-state index contributed by atoms with van der Waals surface area (Å²) in [7, 11) is 1.50. The van der Waals surface area contributed by atoms with E-state index in [1.807, 2.05) is 6.08 Å². The minimum absolute atomic E-state index is 0.0236. The van der Waals surface area contributed by atoms with Gasteiger partial charge in [-0.15, -0.1) is 0 Å². The maximum Gasteiger partial charge on any atom is 0.233 e. The number of rotatable bonds is 3. The lowest BCUT2D eigenvalue weighted by Gasteiger charge is -2.53. The number of benzene rings is 1. The van der Waals surface area contributed by atoms with Crippen molar-refractivity contribution in [3.8, 4) is 11.5 Å². The van der Waals surface area contributed by atoms with Gasteiger partial charge in [-0.1, -0.05) is 24.6 Å². The number of ketones is 2. The molecule has 0 radical (unpaired) electrons. The minimum atomic E-state index is -1.15. The molecule has 2 fully saturated rings. The fourth-order valence-corrected chi connectivity index (χ4v) is 7.08. The number of aromatic hydroxyl groups is 1. The first kappa shape index (κ1) is 22.6. The Morgan fingerprint density at radius 3 is 2.56 bits per heavy atom. The number of ether oxygens (including phenoxy) is 1. The molecule has 1 saturated heterocycles. The van der Waals surface area contributed by atoms with Gasteiger partial charge in [0.15, 0.2) is 11.6 Å². The number of hydrogen-bond donors (Lipinski definition) is 1. The number of allylic oxidation sites excluding steroid dienone is 4. The lowest BCUT2D eigenvalue weighted by molar-refractivity contribution is -0.142. The smallest absolute Gasteiger partial charge is 0.233 e. The number of carbonyl (C=O) groups is 4. The Morgan fingerprint density at radius 1 is 1.15 bits per heavy atom. The van der Waals surface area contributed by atoms with E-state index in [2.05, 4.69) is 0 Å². The van der Waals surface area contributed by atoms with E-state index in [1.54, 1.807) is 39.0 Å². The molecule has 0 aromatic heterocycles. The van der Waals surface area contributed by atoms with E-state index in [1.165, 1.54) is 18.1 Å². The zero-order valence-electron chi connectivity index (χ0n) is 19.8. The van der Waals surface area contributed by atoms with Crippen LogP contribution in [0.3, 0.4) is 0 Å². The monoisotopic (exact) mass is 463 g/mol. The van der Waals surface area contributed by atoms with Gasteiger partial charge >= 0.3 is 0 Å². The van der Waals surface area contributed by atoms with Crippen molar-refractivity contribution < 1.29 is 29.0 Å². The van der Waals surface area contributed by atoms with Gasteiger partial charge in [0, 0.05) is 23.9 Å². The first-order valence-electron chi connectivity index (χ1n) is 11.8. The molecule has 1 aromatic carbocycles. The van der Waals surface area contributed by atoms with Gasteiger partial charge in [0.05, 0.1) is 24.4 Å². The molecule has 7 nitrogen and oxygen atoms in total. The Bertz CT molecular complexity index is 1200. The largest absolute Gasteiger partial charge is 0.508 e. The molecule has 178 valence electrons. The van der Waals surface area contributed by atoms with Crippen LogP contribution in [0.2, 0.25) is 0 Å². The van der Waals surface area contributed by atoms with E-state index in [4.69, 9.17) is 4.74 Å². The Labute approximate surface area is 198 Å². The first-order chi connectivity index (χ1) is 16.2. The number of methoxy groups -OCH3 is 1. The number of likely N-dealkylation sites (tertiary alicyclic amines) is 1. The van der Waals surface area contributed by atoms with Gasteiger partial charge in [-0.3, -0.25) is 24.1 Å². The third-order valence-electron chi connectivity index (χ3n) is 8.60. The minimum Gasteiger partial charge on any atom is -0.508 e. The zero-order chi connectivity index (χ0) is 24.5. The van der Waals surface area contributed by atoms with Crippen LogP contribution in [-0.2, 0) is 19.2 Å². The Morgan fingerprint density at radius 2 is 1.88 bits per heavy atom. The van der Waals surface area contributed by atoms with E-state index in [-0.39, 0.29) is 35.0 Å². The molecule has 1 heterocycles. The molecule has 0 bridgehead atoms. The topological polar surface area (TPSA) is 101 Å². The van der Waals surface area contributed by atoms with E-state index in [0.29, 0.717) is 36.3 Å². The Hall–Kier alpha value is -3.22. The second-order valence-corrected chi connectivity index (χ2v) is 10.1. The van der Waals surface area contributed by atoms with E-state index in [0.717, 1.165) is 5.57 Å². The lowest BCUT2D eigenvalue weighted by atomic mass is 9.47. The van der Waals surface area contributed by atoms with Crippen LogP contribution < -0.4 is 4.74 Å². The third-order valence-corrected chi connectivity index (χ3v) is 8.60. The van der Waals surface area contributed by atoms with Crippen LogP contribution in [0.1, 0.15) is 45.1 Å². The molecule has 4 aliphatic rings. The summed E-state index contributed by atoms with van der Waals surface area (Å²) in [4.78, 5) is 54.7. The van der Waals surface area contributed by atoms with Crippen LogP contribution in [0.4, 0.5) is 0 Å². The molecule has 0 spiro atoms. The number of nitrogens with zero attached hydrogens (tertiary/aromatic N) is 1. The maximum absolute atomic E-state index is 13.7. The number of amides is 2. The molecule has 3 aliphatic carbocycles. The molecule has 1 aliphatic heterocycles. The molecule has 7 heteroatoms. The number of imide groups is 1. The molecule has 0 unspecified atom stereocenters. The SMILES string of the molecule is CCN1C(=O)[C@H]2[C@H](CC=C3[C@H]2C[C@H]2C(=O)C=C(C)C(=O)[C@@]2(C)[C@H]3c2c(O)cccc2OC)C1=O. The van der Waals surface area contributed by atoms with Gasteiger partial charge < -0.3 is 9.84 Å². The normalized spacial score (nSPS) is 34.8. The molecule has 5 rings (SSSR count). The van der Waals surface area contributed by atoms with Crippen LogP contribution in [0.15, 0.2) is 41.5 Å². The average Bonchev–Trinajstić information content (AvgIpc) is 3.06. The maximum atomic E-state index is 13.7. The summed E-state index contributed by atoms with van der Waals surface area (Å²) in [5.41, 5.74) is 0.537. The van der Waals surface area contributed by atoms with Crippen molar-refractivity contribution in [3.63, 3.8) is 0 Å². The number of phenols is 1. The van der Waals surface area contributed by atoms with Crippen LogP contribution in [0.5, 0.6) is 11.5 Å². The number of carbonyl (C=O) groups excluding carboxylic acids is 4. The summed E-state index contributed by atoms with van der Waals surface area (Å²) in [5.74, 6) is -2.99. The second-order valence-electron chi connectivity index (χ2n) is 10.1. The summed E-state index contributed by atoms with van der Waals surface area (Å²) in [6, 6.07) is 4.94. The van der Waals surface area contributed by atoms with Crippen molar-refractivity contribution in [2.45, 2.75) is 39.5 Å². The molecule has 1 saturated carbocycles. The van der Waals surface area contributed by atoms with Gasteiger partial charge in [0.25, 0.3) is 0 Å². The van der Waals surface area contributed by atoms with Crippen LogP contribution in [0, 0.1) is 29.1 Å². The predicted octanol–water partition coefficient (Wildman–Crippen LogP) is 3.18. The molecule has 34 heavy (non-hydrogen) atoms. The molecular formula is C27H29NO6. The second kappa shape index (κ2) is 7.65. The molecule has 1 N–H and O–H groups in total. The van der Waals surface area contributed by atoms with Crippen LogP contribution >= 0.6 is 0 Å². The highest BCUT2D eigenvalue weighted by Crippen LogP contribution is 2.64. The molecular weight excluding hydrogens is 434 g/mol. The zero-order valence-corrected chi connectivity index (χ0v) is 19.8. The van der Waals surface area contributed by atoms with Crippen molar-refractivity contribution in [2.75, 3.05) is 13.7 Å². The number of fused-ring (bicyclic) bond motifs is 4. The van der Waals surface area contributed by atoms with Crippen molar-refractivity contribution >= 4 is 23.4 Å². The highest BCUT2D eigenvalue weighted by atomic mass is 16.5. The third kappa shape index (κ3) is 2.76. The van der Waals surface area contributed by atoms with Crippen molar-refractivity contribution in [1.29, 1.82) is 0 Å². The van der Waals surface area contributed by atoms with E-state index < -0.39 is 29.1 Å². The quantitative estimate of drug-likeness (QED) is 0.546. The van der Waals surface area contributed by atoms with Crippen molar-refractivity contribution in [3.05, 3.63) is 47.1 Å². The highest BCUT2D eigenvalue weighted by molar-refractivity contribution is 6.13. The van der Waals surface area contributed by atoms with Gasteiger partial charge in [-0.2, -0.15) is 0 Å². The highest BCUT2D eigenvalue weighted by Gasteiger charge is 2.63. The number of hydrogen-bond acceptors (Lipinski definition) is 6. The standard InChI is InChI=1S/C27H29NO6/c1-5-28-25(32)15-10-9-14-16(21(15)26(28)33)12-17-19(30)11-13(2)24(31)27(17,3)23(14)22-18(29)7-6-8-20(22)34-4/h6-9,11,15-17,21,23,29H,5,10,12H2,1-4H3/t15-,16+,17-,21-,23+,27+/m0/s1. The fourth-order valence-electron chi connectivity index (χ4n) is 7.08. The average molecular weight is 464 g/mol. The van der Waals surface area contributed by atoms with Crippen molar-refractivity contribution in [1.82, 2.24) is 4.90 Å². The summed E-state index contributed by atoms with van der Waals surface area (Å²) in [5, 5.41) is 11.0. The van der Waals surface area contributed by atoms with Crippen molar-refractivity contribution in [2.24, 2.45) is 29.1 Å². The lowest BCUT2D eigenvalue weighted by Crippen LogP contribution is -2.54. The summed E-state index contributed by atoms with van der Waals surface area (Å²) < 4.78 is 5.60.